The number of benzene rings is 2. The topological polar surface area (TPSA) is 92.3 Å². The molecule has 0 aliphatic carbocycles. The number of hydrogen-bond acceptors (Lipinski definition) is 10. The molecule has 0 saturated carbocycles. The van der Waals surface area contributed by atoms with Crippen molar-refractivity contribution >= 4 is 42.5 Å². The van der Waals surface area contributed by atoms with Crippen molar-refractivity contribution in [3.8, 4) is 11.5 Å². The van der Waals surface area contributed by atoms with E-state index in [0.29, 0.717) is 19.8 Å². The highest BCUT2D eigenvalue weighted by atomic mass is 79.9. The summed E-state index contributed by atoms with van der Waals surface area (Å²) in [6.45, 7) is 27.2. The highest BCUT2D eigenvalue weighted by Crippen LogP contribution is 2.43. The minimum Gasteiger partial charge on any atom is -0.494 e. The largest absolute Gasteiger partial charge is 0.494 e. The number of halogens is 1. The molecule has 2 aromatic carbocycles. The minimum atomic E-state index is -0.476. The molecule has 0 N–H and O–H groups in total. The van der Waals surface area contributed by atoms with Crippen LogP contribution in [0, 0.1) is 0 Å². The van der Waals surface area contributed by atoms with Crippen LogP contribution in [0.2, 0.25) is 0 Å². The third-order valence-electron chi connectivity index (χ3n) is 10.5. The highest BCUT2D eigenvalue weighted by Gasteiger charge is 2.63. The molecular weight excluding hydrogens is 729 g/mol. The Morgan fingerprint density at radius 3 is 1.25 bits per heavy atom. The summed E-state index contributed by atoms with van der Waals surface area (Å²) in [7, 11) is 2.09. The Kier molecular flexibility index (Phi) is 15.8. The van der Waals surface area contributed by atoms with E-state index in [1.807, 2.05) is 104 Å². The first-order valence-electron chi connectivity index (χ1n) is 18.2. The Morgan fingerprint density at radius 2 is 0.865 bits per heavy atom. The summed E-state index contributed by atoms with van der Waals surface area (Å²) in [5, 5.41) is 0. The molecule has 290 valence electrons. The van der Waals surface area contributed by atoms with E-state index in [1.54, 1.807) is 14.2 Å². The fourth-order valence-corrected chi connectivity index (χ4v) is 5.45. The summed E-state index contributed by atoms with van der Waals surface area (Å²) < 4.78 is 58.1. The molecule has 0 aromatic heterocycles. The van der Waals surface area contributed by atoms with Crippen molar-refractivity contribution in [1.29, 1.82) is 0 Å². The smallest absolute Gasteiger partial charge is 0.494 e. The Bertz CT molecular complexity index is 1320. The molecule has 0 radical (unpaired) electrons. The molecule has 0 amide bonds. The van der Waals surface area contributed by atoms with Crippen LogP contribution in [-0.4, -0.2) is 95.4 Å². The van der Waals surface area contributed by atoms with E-state index in [0.717, 1.165) is 40.9 Å². The monoisotopic (exact) mass is 790 g/mol. The van der Waals surface area contributed by atoms with Gasteiger partial charge in [0.05, 0.1) is 46.8 Å². The Balaban J connectivity index is 0.000000216. The van der Waals surface area contributed by atoms with Crippen molar-refractivity contribution in [3.63, 3.8) is 0 Å². The molecule has 3 saturated heterocycles. The van der Waals surface area contributed by atoms with Gasteiger partial charge < -0.3 is 46.9 Å². The zero-order chi connectivity index (χ0) is 39.0. The molecule has 0 atom stereocenters. The molecule has 3 fully saturated rings. The van der Waals surface area contributed by atoms with Crippen LogP contribution in [0.4, 0.5) is 0 Å². The molecule has 5 rings (SSSR count). The second kappa shape index (κ2) is 18.4. The maximum atomic E-state index is 6.05. The standard InChI is InChI=1S/C16H25BO4.C12H24B2O4.C10H13BrO2/c1-15(2)16(3,4)21-17(20-15)13-8-6-9-14(12-13)19-11-7-10-18-5;1-9(2)10(3,4)16-13(15-9)14-17-11(5,6)12(7,8)18-14;1-12-6-3-7-13-10-5-2-4-9(11)8-10/h6,8-9,12H,7,10-11H2,1-5H3;1-8H3;2,4-5,8H,3,6-7H2,1H3. The van der Waals surface area contributed by atoms with Crippen LogP contribution >= 0.6 is 15.9 Å². The number of ether oxygens (including phenoxy) is 4. The van der Waals surface area contributed by atoms with Crippen LogP contribution in [0.25, 0.3) is 0 Å². The van der Waals surface area contributed by atoms with Gasteiger partial charge >= 0.3 is 21.1 Å². The van der Waals surface area contributed by atoms with Gasteiger partial charge in [-0.05, 0) is 119 Å². The van der Waals surface area contributed by atoms with E-state index in [4.69, 9.17) is 46.9 Å². The molecule has 2 aromatic rings. The SMILES string of the molecule is CC1(C)OB(B2OC(C)(C)C(C)(C)O2)OC1(C)C.COCCCOc1cccc(B2OC(C)(C)C(C)(C)O2)c1.COCCCOc1cccc(Br)c1. The van der Waals surface area contributed by atoms with E-state index < -0.39 is 14.0 Å². The van der Waals surface area contributed by atoms with Gasteiger partial charge in [-0.25, -0.2) is 0 Å². The molecule has 52 heavy (non-hydrogen) atoms. The average molecular weight is 791 g/mol. The first-order valence-corrected chi connectivity index (χ1v) is 19.0. The predicted octanol–water partition coefficient (Wildman–Crippen LogP) is 7.51. The minimum absolute atomic E-state index is 0.326. The van der Waals surface area contributed by atoms with Crippen molar-refractivity contribution in [2.45, 2.75) is 130 Å². The molecule has 3 aliphatic rings. The van der Waals surface area contributed by atoms with Crippen LogP contribution in [0.1, 0.15) is 95.9 Å². The summed E-state index contributed by atoms with van der Waals surface area (Å²) in [6, 6.07) is 15.7. The van der Waals surface area contributed by atoms with Crippen molar-refractivity contribution < 1.29 is 46.9 Å². The Hall–Kier alpha value is -1.61. The lowest BCUT2D eigenvalue weighted by Gasteiger charge is -2.32. The fraction of sp³-hybridized carbons (Fsp3) is 0.684. The lowest BCUT2D eigenvalue weighted by atomic mass is 9.49. The average Bonchev–Trinajstić information content (AvgIpc) is 3.51. The van der Waals surface area contributed by atoms with Gasteiger partial charge in [0.2, 0.25) is 0 Å². The number of hydrogen-bond donors (Lipinski definition) is 0. The quantitative estimate of drug-likeness (QED) is 0.159. The second-order valence-corrected chi connectivity index (χ2v) is 17.2. The third-order valence-corrected chi connectivity index (χ3v) is 11.0. The van der Waals surface area contributed by atoms with Crippen molar-refractivity contribution in [2.75, 3.05) is 40.6 Å². The van der Waals surface area contributed by atoms with Crippen LogP contribution < -0.4 is 14.9 Å². The summed E-state index contributed by atoms with van der Waals surface area (Å²) in [5.74, 6) is 1.73. The Labute approximate surface area is 323 Å². The van der Waals surface area contributed by atoms with Gasteiger partial charge in [-0.2, -0.15) is 0 Å². The predicted molar refractivity (Wildman–Crippen MR) is 212 cm³/mol. The van der Waals surface area contributed by atoms with Crippen LogP contribution in [0.3, 0.4) is 0 Å². The maximum absolute atomic E-state index is 6.05. The van der Waals surface area contributed by atoms with Gasteiger partial charge in [0.15, 0.2) is 0 Å². The summed E-state index contributed by atoms with van der Waals surface area (Å²) in [5.41, 5.74) is -1.11. The first-order chi connectivity index (χ1) is 24.1. The second-order valence-electron chi connectivity index (χ2n) is 16.3. The third kappa shape index (κ3) is 11.9. The summed E-state index contributed by atoms with van der Waals surface area (Å²) in [4.78, 5) is 0. The molecule has 0 unspecified atom stereocenters. The summed E-state index contributed by atoms with van der Waals surface area (Å²) >= 11 is 3.38. The van der Waals surface area contributed by atoms with Crippen molar-refractivity contribution in [2.24, 2.45) is 0 Å². The van der Waals surface area contributed by atoms with Gasteiger partial charge in [0, 0.05) is 44.7 Å². The first kappa shape index (κ1) is 44.8. The van der Waals surface area contributed by atoms with Gasteiger partial charge in [-0.3, -0.25) is 0 Å². The van der Waals surface area contributed by atoms with Gasteiger partial charge in [0.1, 0.15) is 11.5 Å². The van der Waals surface area contributed by atoms with E-state index in [-0.39, 0.29) is 40.7 Å². The highest BCUT2D eigenvalue weighted by molar-refractivity contribution is 9.10. The van der Waals surface area contributed by atoms with Gasteiger partial charge in [-0.1, -0.05) is 34.1 Å². The van der Waals surface area contributed by atoms with Crippen molar-refractivity contribution in [1.82, 2.24) is 0 Å². The fourth-order valence-electron chi connectivity index (χ4n) is 5.07. The van der Waals surface area contributed by atoms with E-state index in [1.165, 1.54) is 0 Å². The van der Waals surface area contributed by atoms with Crippen LogP contribution in [0.15, 0.2) is 53.0 Å². The Morgan fingerprint density at radius 1 is 0.500 bits per heavy atom. The van der Waals surface area contributed by atoms with E-state index in [2.05, 4.69) is 43.6 Å². The molecule has 3 heterocycles. The molecule has 14 heteroatoms. The lowest BCUT2D eigenvalue weighted by molar-refractivity contribution is 0.00578. The zero-order valence-corrected chi connectivity index (χ0v) is 35.6. The number of methoxy groups -OCH3 is 2. The molecule has 0 spiro atoms. The maximum Gasteiger partial charge on any atom is 0.494 e. The lowest BCUT2D eigenvalue weighted by Crippen LogP contribution is -2.41. The molecule has 0 bridgehead atoms. The molecular formula is C38H62B3BrO10. The summed E-state index contributed by atoms with van der Waals surface area (Å²) in [6.07, 6.45) is 1.79. The van der Waals surface area contributed by atoms with Crippen LogP contribution in [-0.2, 0) is 37.4 Å². The number of rotatable bonds is 12. The van der Waals surface area contributed by atoms with E-state index >= 15 is 0 Å². The molecule has 10 nitrogen and oxygen atoms in total. The molecule has 3 aliphatic heterocycles. The van der Waals surface area contributed by atoms with E-state index in [9.17, 15) is 0 Å². The normalized spacial score (nSPS) is 21.6. The van der Waals surface area contributed by atoms with Crippen molar-refractivity contribution in [3.05, 3.63) is 53.0 Å². The van der Waals surface area contributed by atoms with Crippen LogP contribution in [0.5, 0.6) is 11.5 Å². The zero-order valence-electron chi connectivity index (χ0n) is 34.1. The van der Waals surface area contributed by atoms with Gasteiger partial charge in [-0.15, -0.1) is 0 Å². The van der Waals surface area contributed by atoms with Gasteiger partial charge in [0.25, 0.3) is 0 Å².